The zero-order valence-corrected chi connectivity index (χ0v) is 8.99. The molecule has 2 nitrogen and oxygen atoms in total. The molecule has 0 aliphatic heterocycles. The van der Waals surface area contributed by atoms with Gasteiger partial charge in [0.15, 0.2) is 0 Å². The van der Waals surface area contributed by atoms with Gasteiger partial charge in [0.2, 0.25) is 5.91 Å². The highest BCUT2D eigenvalue weighted by Crippen LogP contribution is 2.47. The van der Waals surface area contributed by atoms with E-state index in [2.05, 4.69) is 12.2 Å². The summed E-state index contributed by atoms with van der Waals surface area (Å²) in [7, 11) is 0. The van der Waals surface area contributed by atoms with Gasteiger partial charge in [-0.1, -0.05) is 6.92 Å². The maximum atomic E-state index is 11.2. The van der Waals surface area contributed by atoms with E-state index in [1.54, 1.807) is 0 Å². The van der Waals surface area contributed by atoms with Gasteiger partial charge < -0.3 is 5.32 Å². The second-order valence-corrected chi connectivity index (χ2v) is 4.30. The minimum atomic E-state index is 0.153. The lowest BCUT2D eigenvalue weighted by atomic mass is 10.0. The monoisotopic (exact) mass is 203 g/mol. The standard InChI is InChI=1S/C10H18ClNO/c1-2-10(5-6-10)8-12-9(13)4-3-7-11/h2-8H2,1H3,(H,12,13). The van der Waals surface area contributed by atoms with E-state index in [1.165, 1.54) is 19.3 Å². The smallest absolute Gasteiger partial charge is 0.220 e. The van der Waals surface area contributed by atoms with Crippen LogP contribution in [0.25, 0.3) is 0 Å². The van der Waals surface area contributed by atoms with Gasteiger partial charge in [-0.15, -0.1) is 11.6 Å². The summed E-state index contributed by atoms with van der Waals surface area (Å²) in [6, 6.07) is 0. The van der Waals surface area contributed by atoms with E-state index >= 15 is 0 Å². The summed E-state index contributed by atoms with van der Waals surface area (Å²) in [6.45, 7) is 3.06. The summed E-state index contributed by atoms with van der Waals surface area (Å²) < 4.78 is 0. The Morgan fingerprint density at radius 1 is 1.54 bits per heavy atom. The van der Waals surface area contributed by atoms with Crippen molar-refractivity contribution in [1.29, 1.82) is 0 Å². The molecule has 1 aliphatic carbocycles. The van der Waals surface area contributed by atoms with Crippen molar-refractivity contribution in [3.63, 3.8) is 0 Å². The van der Waals surface area contributed by atoms with E-state index in [4.69, 9.17) is 11.6 Å². The normalized spacial score (nSPS) is 18.3. The molecule has 0 saturated heterocycles. The molecule has 0 bridgehead atoms. The van der Waals surface area contributed by atoms with Crippen LogP contribution >= 0.6 is 11.6 Å². The summed E-state index contributed by atoms with van der Waals surface area (Å²) in [5, 5.41) is 2.97. The highest BCUT2D eigenvalue weighted by atomic mass is 35.5. The zero-order valence-electron chi connectivity index (χ0n) is 8.24. The van der Waals surface area contributed by atoms with Crippen LogP contribution in [0.15, 0.2) is 0 Å². The van der Waals surface area contributed by atoms with Gasteiger partial charge in [-0.3, -0.25) is 4.79 Å². The number of alkyl halides is 1. The van der Waals surface area contributed by atoms with Gasteiger partial charge in [-0.05, 0) is 31.1 Å². The third-order valence-electron chi connectivity index (χ3n) is 2.91. The first kappa shape index (κ1) is 10.8. The molecule has 0 aromatic heterocycles. The van der Waals surface area contributed by atoms with Crippen LogP contribution in [0.3, 0.4) is 0 Å². The average molecular weight is 204 g/mol. The van der Waals surface area contributed by atoms with Crippen LogP contribution in [-0.2, 0) is 4.79 Å². The van der Waals surface area contributed by atoms with Crippen LogP contribution in [-0.4, -0.2) is 18.3 Å². The van der Waals surface area contributed by atoms with Gasteiger partial charge >= 0.3 is 0 Å². The molecule has 13 heavy (non-hydrogen) atoms. The van der Waals surface area contributed by atoms with Crippen molar-refractivity contribution in [3.05, 3.63) is 0 Å². The predicted molar refractivity (Wildman–Crippen MR) is 54.9 cm³/mol. The first-order chi connectivity index (χ1) is 6.22. The molecule has 0 aromatic carbocycles. The summed E-state index contributed by atoms with van der Waals surface area (Å²) >= 11 is 5.50. The quantitative estimate of drug-likeness (QED) is 0.660. The number of carbonyl (C=O) groups excluding carboxylic acids is 1. The maximum absolute atomic E-state index is 11.2. The highest BCUT2D eigenvalue weighted by molar-refractivity contribution is 6.17. The molecular weight excluding hydrogens is 186 g/mol. The first-order valence-electron chi connectivity index (χ1n) is 5.05. The summed E-state index contributed by atoms with van der Waals surface area (Å²) in [5.74, 6) is 0.729. The first-order valence-corrected chi connectivity index (χ1v) is 5.58. The van der Waals surface area contributed by atoms with Crippen LogP contribution in [0.5, 0.6) is 0 Å². The molecule has 1 N–H and O–H groups in total. The Hall–Kier alpha value is -0.240. The molecule has 1 aliphatic rings. The number of halogens is 1. The lowest BCUT2D eigenvalue weighted by Gasteiger charge is -2.12. The summed E-state index contributed by atoms with van der Waals surface area (Å²) in [5.41, 5.74) is 0.455. The molecule has 0 heterocycles. The zero-order chi connectivity index (χ0) is 9.73. The van der Waals surface area contributed by atoms with Gasteiger partial charge in [-0.25, -0.2) is 0 Å². The fourth-order valence-corrected chi connectivity index (χ4v) is 1.57. The van der Waals surface area contributed by atoms with Gasteiger partial charge in [0, 0.05) is 18.8 Å². The lowest BCUT2D eigenvalue weighted by molar-refractivity contribution is -0.121. The van der Waals surface area contributed by atoms with Gasteiger partial charge in [0.25, 0.3) is 0 Å². The minimum absolute atomic E-state index is 0.153. The Kier molecular flexibility index (Phi) is 4.04. The number of amides is 1. The van der Waals surface area contributed by atoms with Crippen molar-refractivity contribution in [2.24, 2.45) is 5.41 Å². The van der Waals surface area contributed by atoms with Crippen molar-refractivity contribution in [2.75, 3.05) is 12.4 Å². The molecular formula is C10H18ClNO. The molecule has 0 aromatic rings. The Balaban J connectivity index is 2.08. The maximum Gasteiger partial charge on any atom is 0.220 e. The number of hydrogen-bond donors (Lipinski definition) is 1. The van der Waals surface area contributed by atoms with Crippen molar-refractivity contribution in [1.82, 2.24) is 5.32 Å². The fourth-order valence-electron chi connectivity index (χ4n) is 1.43. The molecule has 3 heteroatoms. The molecule has 1 saturated carbocycles. The molecule has 0 unspecified atom stereocenters. The largest absolute Gasteiger partial charge is 0.356 e. The topological polar surface area (TPSA) is 29.1 Å². The van der Waals surface area contributed by atoms with Crippen LogP contribution in [0.4, 0.5) is 0 Å². The number of nitrogens with one attached hydrogen (secondary N) is 1. The molecule has 1 fully saturated rings. The van der Waals surface area contributed by atoms with Crippen molar-refractivity contribution in [2.45, 2.75) is 39.0 Å². The van der Waals surface area contributed by atoms with E-state index in [0.29, 0.717) is 17.7 Å². The van der Waals surface area contributed by atoms with E-state index < -0.39 is 0 Å². The third-order valence-corrected chi connectivity index (χ3v) is 3.17. The van der Waals surface area contributed by atoms with Crippen LogP contribution in [0, 0.1) is 5.41 Å². The summed E-state index contributed by atoms with van der Waals surface area (Å²) in [4.78, 5) is 11.2. The predicted octanol–water partition coefficient (Wildman–Crippen LogP) is 2.31. The second-order valence-electron chi connectivity index (χ2n) is 3.92. The Labute approximate surface area is 85.0 Å². The third kappa shape index (κ3) is 3.55. The number of hydrogen-bond acceptors (Lipinski definition) is 1. The molecule has 0 spiro atoms. The number of rotatable bonds is 6. The molecule has 0 atom stereocenters. The highest BCUT2D eigenvalue weighted by Gasteiger charge is 2.40. The van der Waals surface area contributed by atoms with E-state index in [9.17, 15) is 4.79 Å². The average Bonchev–Trinajstić information content (AvgIpc) is 2.92. The van der Waals surface area contributed by atoms with E-state index in [0.717, 1.165) is 13.0 Å². The Bertz CT molecular complexity index is 178. The van der Waals surface area contributed by atoms with E-state index in [-0.39, 0.29) is 5.91 Å². The van der Waals surface area contributed by atoms with Gasteiger partial charge in [0.1, 0.15) is 0 Å². The van der Waals surface area contributed by atoms with Gasteiger partial charge in [-0.2, -0.15) is 0 Å². The minimum Gasteiger partial charge on any atom is -0.356 e. The molecule has 1 amide bonds. The fraction of sp³-hybridized carbons (Fsp3) is 0.900. The van der Waals surface area contributed by atoms with E-state index in [1.807, 2.05) is 0 Å². The molecule has 1 rings (SSSR count). The van der Waals surface area contributed by atoms with Crippen molar-refractivity contribution >= 4 is 17.5 Å². The SMILES string of the molecule is CCC1(CNC(=O)CCCCl)CC1. The van der Waals surface area contributed by atoms with Crippen LogP contribution in [0.1, 0.15) is 39.0 Å². The molecule has 0 radical (unpaired) electrons. The second kappa shape index (κ2) is 4.85. The lowest BCUT2D eigenvalue weighted by Crippen LogP contribution is -2.29. The summed E-state index contributed by atoms with van der Waals surface area (Å²) in [6.07, 6.45) is 5.09. The van der Waals surface area contributed by atoms with Gasteiger partial charge in [0.05, 0.1) is 0 Å². The Morgan fingerprint density at radius 2 is 2.23 bits per heavy atom. The van der Waals surface area contributed by atoms with Crippen molar-refractivity contribution in [3.8, 4) is 0 Å². The molecule has 76 valence electrons. The van der Waals surface area contributed by atoms with Crippen molar-refractivity contribution < 1.29 is 4.79 Å². The Morgan fingerprint density at radius 3 is 2.69 bits per heavy atom. The number of carbonyl (C=O) groups is 1. The van der Waals surface area contributed by atoms with Crippen LogP contribution < -0.4 is 5.32 Å². The van der Waals surface area contributed by atoms with Crippen LogP contribution in [0.2, 0.25) is 0 Å².